The predicted molar refractivity (Wildman–Crippen MR) is 61.3 cm³/mol. The molecule has 86 valence electrons. The molecule has 0 spiro atoms. The summed E-state index contributed by atoms with van der Waals surface area (Å²) < 4.78 is 5.04. The highest BCUT2D eigenvalue weighted by Gasteiger charge is 2.05. The lowest BCUT2D eigenvalue weighted by Gasteiger charge is -2.04. The van der Waals surface area contributed by atoms with Crippen LogP contribution in [-0.2, 0) is 9.53 Å². The van der Waals surface area contributed by atoms with E-state index in [0.29, 0.717) is 24.3 Å². The van der Waals surface area contributed by atoms with Gasteiger partial charge in [-0.05, 0) is 30.7 Å². The number of benzene rings is 1. The van der Waals surface area contributed by atoms with Crippen LogP contribution in [0.5, 0.6) is 0 Å². The molecule has 0 bridgehead atoms. The third kappa shape index (κ3) is 3.73. The van der Waals surface area contributed by atoms with Crippen molar-refractivity contribution in [3.8, 4) is 0 Å². The van der Waals surface area contributed by atoms with Crippen LogP contribution in [0.15, 0.2) is 24.3 Å². The van der Waals surface area contributed by atoms with Crippen molar-refractivity contribution in [1.82, 2.24) is 0 Å². The molecule has 1 N–H and O–H groups in total. The number of hydrogen-bond acceptors (Lipinski definition) is 3. The number of carbonyl (C=O) groups excluding carboxylic acids is 2. The fourth-order valence-corrected chi connectivity index (χ4v) is 1.16. The number of carbonyl (C=O) groups is 2. The van der Waals surface area contributed by atoms with Crippen LogP contribution >= 0.6 is 0 Å². The molecule has 0 aliphatic heterocycles. The second kappa shape index (κ2) is 6.61. The molecule has 0 saturated carbocycles. The number of amides is 1. The molecule has 1 amide bonds. The Morgan fingerprint density at radius 2 is 2.06 bits per heavy atom. The standard InChI is InChI=1S/C12H15NO3/c1-2-3-8-16-12(15)10-4-6-11(7-5-10)13-9-14/h4-7,9H,2-3,8H2,1H3,(H,13,14). The van der Waals surface area contributed by atoms with Gasteiger partial charge in [0.1, 0.15) is 0 Å². The molecule has 0 heterocycles. The molecule has 4 nitrogen and oxygen atoms in total. The Hall–Kier alpha value is -1.84. The van der Waals surface area contributed by atoms with Crippen molar-refractivity contribution < 1.29 is 14.3 Å². The normalized spacial score (nSPS) is 9.56. The molecule has 0 aliphatic rings. The summed E-state index contributed by atoms with van der Waals surface area (Å²) in [6.45, 7) is 2.48. The van der Waals surface area contributed by atoms with E-state index < -0.39 is 0 Å². The van der Waals surface area contributed by atoms with Crippen molar-refractivity contribution in [2.24, 2.45) is 0 Å². The van der Waals surface area contributed by atoms with Gasteiger partial charge in [-0.1, -0.05) is 13.3 Å². The molecule has 1 rings (SSSR count). The molecule has 0 atom stereocenters. The summed E-state index contributed by atoms with van der Waals surface area (Å²) in [6.07, 6.45) is 2.46. The molecule has 0 saturated heterocycles. The number of esters is 1. The maximum absolute atomic E-state index is 11.5. The van der Waals surface area contributed by atoms with Crippen LogP contribution in [0.3, 0.4) is 0 Å². The second-order valence-electron chi connectivity index (χ2n) is 3.33. The van der Waals surface area contributed by atoms with E-state index in [1.165, 1.54) is 0 Å². The van der Waals surface area contributed by atoms with E-state index in [-0.39, 0.29) is 5.97 Å². The van der Waals surface area contributed by atoms with Crippen LogP contribution in [0.2, 0.25) is 0 Å². The van der Waals surface area contributed by atoms with Crippen molar-refractivity contribution in [2.45, 2.75) is 19.8 Å². The molecule has 0 unspecified atom stereocenters. The van der Waals surface area contributed by atoms with Crippen molar-refractivity contribution in [1.29, 1.82) is 0 Å². The Morgan fingerprint density at radius 3 is 2.62 bits per heavy atom. The van der Waals surface area contributed by atoms with Gasteiger partial charge in [0.25, 0.3) is 0 Å². The van der Waals surface area contributed by atoms with E-state index in [1.54, 1.807) is 24.3 Å². The molecule has 4 heteroatoms. The van der Waals surface area contributed by atoms with Crippen LogP contribution < -0.4 is 5.32 Å². The van der Waals surface area contributed by atoms with E-state index in [1.807, 2.05) is 6.92 Å². The van der Waals surface area contributed by atoms with Crippen LogP contribution in [0.4, 0.5) is 5.69 Å². The van der Waals surface area contributed by atoms with E-state index in [0.717, 1.165) is 12.8 Å². The van der Waals surface area contributed by atoms with E-state index in [4.69, 9.17) is 4.74 Å². The van der Waals surface area contributed by atoms with Gasteiger partial charge in [0, 0.05) is 5.69 Å². The van der Waals surface area contributed by atoms with Crippen LogP contribution in [-0.4, -0.2) is 19.0 Å². The lowest BCUT2D eigenvalue weighted by atomic mass is 10.2. The number of unbranched alkanes of at least 4 members (excludes halogenated alkanes) is 1. The summed E-state index contributed by atoms with van der Waals surface area (Å²) >= 11 is 0. The first-order valence-corrected chi connectivity index (χ1v) is 5.25. The monoisotopic (exact) mass is 221 g/mol. The first-order valence-electron chi connectivity index (χ1n) is 5.25. The van der Waals surface area contributed by atoms with Crippen LogP contribution in [0.25, 0.3) is 0 Å². The Morgan fingerprint density at radius 1 is 1.38 bits per heavy atom. The molecule has 0 aromatic heterocycles. The number of ether oxygens (including phenoxy) is 1. The highest BCUT2D eigenvalue weighted by molar-refractivity contribution is 5.90. The van der Waals surface area contributed by atoms with E-state index in [2.05, 4.69) is 5.32 Å². The lowest BCUT2D eigenvalue weighted by Crippen LogP contribution is -2.06. The van der Waals surface area contributed by atoms with E-state index >= 15 is 0 Å². The zero-order valence-electron chi connectivity index (χ0n) is 9.23. The van der Waals surface area contributed by atoms with Gasteiger partial charge in [-0.3, -0.25) is 4.79 Å². The van der Waals surface area contributed by atoms with Gasteiger partial charge in [0.2, 0.25) is 6.41 Å². The van der Waals surface area contributed by atoms with Gasteiger partial charge < -0.3 is 10.1 Å². The smallest absolute Gasteiger partial charge is 0.338 e. The quantitative estimate of drug-likeness (QED) is 0.455. The Balaban J connectivity index is 2.52. The average molecular weight is 221 g/mol. The minimum Gasteiger partial charge on any atom is -0.462 e. The topological polar surface area (TPSA) is 55.4 Å². The van der Waals surface area contributed by atoms with Crippen LogP contribution in [0, 0.1) is 0 Å². The summed E-state index contributed by atoms with van der Waals surface area (Å²) in [5, 5.41) is 2.49. The number of hydrogen-bond donors (Lipinski definition) is 1. The van der Waals surface area contributed by atoms with Crippen molar-refractivity contribution in [2.75, 3.05) is 11.9 Å². The number of anilines is 1. The van der Waals surface area contributed by atoms with Crippen molar-refractivity contribution >= 4 is 18.1 Å². The Bertz CT molecular complexity index is 346. The summed E-state index contributed by atoms with van der Waals surface area (Å²) in [5.41, 5.74) is 1.15. The summed E-state index contributed by atoms with van der Waals surface area (Å²) in [7, 11) is 0. The fourth-order valence-electron chi connectivity index (χ4n) is 1.16. The minimum absolute atomic E-state index is 0.328. The maximum atomic E-state index is 11.5. The molecule has 0 radical (unpaired) electrons. The largest absolute Gasteiger partial charge is 0.462 e. The Labute approximate surface area is 94.6 Å². The first-order chi connectivity index (χ1) is 7.77. The predicted octanol–water partition coefficient (Wildman–Crippen LogP) is 2.21. The molecule has 1 aromatic rings. The minimum atomic E-state index is -0.328. The summed E-state index contributed by atoms with van der Waals surface area (Å²) in [4.78, 5) is 21.6. The summed E-state index contributed by atoms with van der Waals surface area (Å²) in [5.74, 6) is -0.328. The third-order valence-corrected chi connectivity index (χ3v) is 2.08. The lowest BCUT2D eigenvalue weighted by molar-refractivity contribution is -0.105. The average Bonchev–Trinajstić information content (AvgIpc) is 2.30. The van der Waals surface area contributed by atoms with Gasteiger partial charge in [-0.2, -0.15) is 0 Å². The van der Waals surface area contributed by atoms with Gasteiger partial charge in [-0.15, -0.1) is 0 Å². The van der Waals surface area contributed by atoms with Gasteiger partial charge in [0.15, 0.2) is 0 Å². The van der Waals surface area contributed by atoms with Gasteiger partial charge >= 0.3 is 5.97 Å². The molecular formula is C12H15NO3. The molecule has 0 fully saturated rings. The maximum Gasteiger partial charge on any atom is 0.338 e. The fraction of sp³-hybridized carbons (Fsp3) is 0.333. The van der Waals surface area contributed by atoms with E-state index in [9.17, 15) is 9.59 Å². The number of rotatable bonds is 6. The molecule has 16 heavy (non-hydrogen) atoms. The molecular weight excluding hydrogens is 206 g/mol. The first kappa shape index (κ1) is 12.2. The van der Waals surface area contributed by atoms with Crippen molar-refractivity contribution in [3.05, 3.63) is 29.8 Å². The highest BCUT2D eigenvalue weighted by atomic mass is 16.5. The van der Waals surface area contributed by atoms with Gasteiger partial charge in [-0.25, -0.2) is 4.79 Å². The zero-order valence-corrected chi connectivity index (χ0v) is 9.23. The highest BCUT2D eigenvalue weighted by Crippen LogP contribution is 2.09. The molecule has 1 aromatic carbocycles. The SMILES string of the molecule is CCCCOC(=O)c1ccc(NC=O)cc1. The van der Waals surface area contributed by atoms with Crippen molar-refractivity contribution in [3.63, 3.8) is 0 Å². The summed E-state index contributed by atoms with van der Waals surface area (Å²) in [6, 6.07) is 6.57. The zero-order chi connectivity index (χ0) is 11.8. The van der Waals surface area contributed by atoms with Crippen LogP contribution in [0.1, 0.15) is 30.1 Å². The second-order valence-corrected chi connectivity index (χ2v) is 3.33. The van der Waals surface area contributed by atoms with Gasteiger partial charge in [0.05, 0.1) is 12.2 Å². The molecule has 0 aliphatic carbocycles. The third-order valence-electron chi connectivity index (χ3n) is 2.08. The Kier molecular flexibility index (Phi) is 5.05. The number of nitrogens with one attached hydrogen (secondary N) is 1.